The van der Waals surface area contributed by atoms with E-state index in [1.165, 1.54) is 30.3 Å². The molecular weight excluding hydrogens is 440 g/mol. The van der Waals surface area contributed by atoms with Crippen LogP contribution in [0.3, 0.4) is 0 Å². The Labute approximate surface area is 193 Å². The Balaban J connectivity index is 1.65. The minimum absolute atomic E-state index is 0.0481. The number of nitrogens with zero attached hydrogens (tertiary/aromatic N) is 2. The van der Waals surface area contributed by atoms with E-state index >= 15 is 0 Å². The van der Waals surface area contributed by atoms with Crippen molar-refractivity contribution >= 4 is 33.5 Å². The fourth-order valence-corrected chi connectivity index (χ4v) is 3.99. The van der Waals surface area contributed by atoms with Gasteiger partial charge in [-0.15, -0.1) is 0 Å². The summed E-state index contributed by atoms with van der Waals surface area (Å²) >= 11 is 0. The fourth-order valence-electron chi connectivity index (χ4n) is 2.99. The molecule has 3 aromatic rings. The van der Waals surface area contributed by atoms with Crippen LogP contribution in [0.2, 0.25) is 0 Å². The molecule has 1 heterocycles. The van der Waals surface area contributed by atoms with Gasteiger partial charge in [-0.3, -0.25) is 9.52 Å². The summed E-state index contributed by atoms with van der Waals surface area (Å²) in [6.07, 6.45) is 3.97. The first-order valence-corrected chi connectivity index (χ1v) is 11.9. The second kappa shape index (κ2) is 10.7. The summed E-state index contributed by atoms with van der Waals surface area (Å²) in [4.78, 5) is 20.6. The number of aromatic nitrogens is 2. The lowest BCUT2D eigenvalue weighted by Gasteiger charge is -2.09. The number of benzene rings is 2. The maximum Gasteiger partial charge on any atom is 0.263 e. The van der Waals surface area contributed by atoms with Gasteiger partial charge in [-0.05, 0) is 56.7 Å². The van der Waals surface area contributed by atoms with E-state index in [9.17, 15) is 13.2 Å². The van der Waals surface area contributed by atoms with Crippen LogP contribution in [0.5, 0.6) is 5.75 Å². The number of anilines is 2. The van der Waals surface area contributed by atoms with Gasteiger partial charge in [-0.1, -0.05) is 25.1 Å². The van der Waals surface area contributed by atoms with Gasteiger partial charge in [-0.2, -0.15) is 0 Å². The Hall–Kier alpha value is -3.72. The molecule has 0 radical (unpaired) electrons. The van der Waals surface area contributed by atoms with E-state index in [-0.39, 0.29) is 16.6 Å². The summed E-state index contributed by atoms with van der Waals surface area (Å²) in [6, 6.07) is 14.9. The first-order chi connectivity index (χ1) is 15.8. The number of carbonyl (C=O) groups is 1. The average molecular weight is 467 g/mol. The summed E-state index contributed by atoms with van der Waals surface area (Å²) in [5, 5.41) is 2.72. The van der Waals surface area contributed by atoms with Crippen LogP contribution in [-0.2, 0) is 14.8 Å². The summed E-state index contributed by atoms with van der Waals surface area (Å²) in [6.45, 7) is 6.07. The molecule has 2 aromatic carbocycles. The number of para-hydroxylation sites is 1. The van der Waals surface area contributed by atoms with Gasteiger partial charge in [-0.25, -0.2) is 18.4 Å². The standard InChI is InChI=1S/C24H26N4O4S/c1-4-15-32-22-8-6-5-7-19(22)9-14-24(29)27-20-10-12-21(13-11-20)33(30,31)28-23-16-17(2)25-18(3)26-23/h5-14,16H,4,15H2,1-3H3,(H,27,29)(H,25,26,28). The monoisotopic (exact) mass is 466 g/mol. The van der Waals surface area contributed by atoms with Crippen LogP contribution in [0, 0.1) is 13.8 Å². The zero-order valence-corrected chi connectivity index (χ0v) is 19.5. The molecule has 0 spiro atoms. The van der Waals surface area contributed by atoms with Crippen LogP contribution >= 0.6 is 0 Å². The number of sulfonamides is 1. The molecule has 1 amide bonds. The summed E-state index contributed by atoms with van der Waals surface area (Å²) in [7, 11) is -3.83. The van der Waals surface area contributed by atoms with Crippen molar-refractivity contribution in [2.24, 2.45) is 0 Å². The smallest absolute Gasteiger partial charge is 0.263 e. The third-order valence-corrected chi connectivity index (χ3v) is 5.80. The van der Waals surface area contributed by atoms with E-state index in [4.69, 9.17) is 4.74 Å². The average Bonchev–Trinajstić information content (AvgIpc) is 2.76. The van der Waals surface area contributed by atoms with E-state index in [1.807, 2.05) is 31.2 Å². The minimum atomic E-state index is -3.83. The van der Waals surface area contributed by atoms with Crippen molar-refractivity contribution in [2.75, 3.05) is 16.6 Å². The Kier molecular flexibility index (Phi) is 7.78. The van der Waals surface area contributed by atoms with Crippen LogP contribution in [-0.4, -0.2) is 30.9 Å². The molecule has 3 rings (SSSR count). The van der Waals surface area contributed by atoms with Gasteiger partial charge in [0, 0.05) is 29.1 Å². The molecule has 2 N–H and O–H groups in total. The molecule has 33 heavy (non-hydrogen) atoms. The topological polar surface area (TPSA) is 110 Å². The second-order valence-electron chi connectivity index (χ2n) is 7.28. The fraction of sp³-hybridized carbons (Fsp3) is 0.208. The zero-order valence-electron chi connectivity index (χ0n) is 18.7. The molecule has 0 aliphatic heterocycles. The predicted molar refractivity (Wildman–Crippen MR) is 129 cm³/mol. The Morgan fingerprint density at radius 1 is 1.06 bits per heavy atom. The molecule has 1 aromatic heterocycles. The van der Waals surface area contributed by atoms with Gasteiger partial charge in [0.25, 0.3) is 10.0 Å². The number of rotatable bonds is 9. The Morgan fingerprint density at radius 2 is 1.79 bits per heavy atom. The maximum atomic E-state index is 12.6. The zero-order chi connectivity index (χ0) is 23.8. The van der Waals surface area contributed by atoms with Crippen LogP contribution in [0.25, 0.3) is 6.08 Å². The first-order valence-electron chi connectivity index (χ1n) is 10.4. The molecule has 0 saturated heterocycles. The number of nitrogens with one attached hydrogen (secondary N) is 2. The number of hydrogen-bond acceptors (Lipinski definition) is 6. The first kappa shape index (κ1) is 23.9. The molecule has 0 atom stereocenters. The molecule has 0 bridgehead atoms. The van der Waals surface area contributed by atoms with Crippen LogP contribution in [0.15, 0.2) is 65.6 Å². The van der Waals surface area contributed by atoms with Gasteiger partial charge < -0.3 is 10.1 Å². The summed E-state index contributed by atoms with van der Waals surface area (Å²) < 4.78 is 33.4. The quantitative estimate of drug-likeness (QED) is 0.454. The van der Waals surface area contributed by atoms with E-state index < -0.39 is 10.0 Å². The third-order valence-electron chi connectivity index (χ3n) is 4.43. The van der Waals surface area contributed by atoms with E-state index in [0.29, 0.717) is 29.6 Å². The number of amides is 1. The van der Waals surface area contributed by atoms with Gasteiger partial charge in [0.2, 0.25) is 5.91 Å². The number of carbonyl (C=O) groups excluding carboxylic acids is 1. The van der Waals surface area contributed by atoms with Crippen molar-refractivity contribution in [3.63, 3.8) is 0 Å². The lowest BCUT2D eigenvalue weighted by molar-refractivity contribution is -0.111. The van der Waals surface area contributed by atoms with Crippen LogP contribution < -0.4 is 14.8 Å². The highest BCUT2D eigenvalue weighted by molar-refractivity contribution is 7.92. The van der Waals surface area contributed by atoms with Crippen molar-refractivity contribution in [2.45, 2.75) is 32.1 Å². The molecule has 0 aliphatic rings. The normalized spacial score (nSPS) is 11.4. The number of aryl methyl sites for hydroxylation is 2. The predicted octanol–water partition coefficient (Wildman–Crippen LogP) is 4.33. The number of ether oxygens (including phenoxy) is 1. The van der Waals surface area contributed by atoms with Gasteiger partial charge in [0.1, 0.15) is 17.4 Å². The van der Waals surface area contributed by atoms with E-state index in [2.05, 4.69) is 20.0 Å². The number of hydrogen-bond donors (Lipinski definition) is 2. The SMILES string of the molecule is CCCOc1ccccc1C=CC(=O)Nc1ccc(S(=O)(=O)Nc2cc(C)nc(C)n2)cc1. The molecule has 0 saturated carbocycles. The van der Waals surface area contributed by atoms with Crippen LogP contribution in [0.1, 0.15) is 30.4 Å². The highest BCUT2D eigenvalue weighted by atomic mass is 32.2. The highest BCUT2D eigenvalue weighted by Gasteiger charge is 2.15. The van der Waals surface area contributed by atoms with Crippen molar-refractivity contribution < 1.29 is 17.9 Å². The second-order valence-corrected chi connectivity index (χ2v) is 8.96. The van der Waals surface area contributed by atoms with Crippen molar-refractivity contribution in [1.29, 1.82) is 0 Å². The lowest BCUT2D eigenvalue weighted by atomic mass is 10.2. The highest BCUT2D eigenvalue weighted by Crippen LogP contribution is 2.20. The largest absolute Gasteiger partial charge is 0.493 e. The van der Waals surface area contributed by atoms with E-state index in [0.717, 1.165) is 12.0 Å². The molecule has 172 valence electrons. The van der Waals surface area contributed by atoms with Gasteiger partial charge in [0.15, 0.2) is 0 Å². The molecule has 0 aliphatic carbocycles. The van der Waals surface area contributed by atoms with Crippen molar-refractivity contribution in [3.8, 4) is 5.75 Å². The molecule has 0 fully saturated rings. The lowest BCUT2D eigenvalue weighted by Crippen LogP contribution is -2.15. The summed E-state index contributed by atoms with van der Waals surface area (Å²) in [5.74, 6) is 1.03. The minimum Gasteiger partial charge on any atom is -0.493 e. The summed E-state index contributed by atoms with van der Waals surface area (Å²) in [5.41, 5.74) is 1.92. The third kappa shape index (κ3) is 6.88. The Morgan fingerprint density at radius 3 is 2.48 bits per heavy atom. The molecular formula is C24H26N4O4S. The molecule has 9 heteroatoms. The van der Waals surface area contributed by atoms with Crippen molar-refractivity contribution in [3.05, 3.63) is 77.8 Å². The maximum absolute atomic E-state index is 12.6. The van der Waals surface area contributed by atoms with Crippen molar-refractivity contribution in [1.82, 2.24) is 9.97 Å². The van der Waals surface area contributed by atoms with Gasteiger partial charge >= 0.3 is 0 Å². The Bertz CT molecular complexity index is 1240. The molecule has 0 unspecified atom stereocenters. The van der Waals surface area contributed by atoms with Crippen LogP contribution in [0.4, 0.5) is 11.5 Å². The van der Waals surface area contributed by atoms with Gasteiger partial charge in [0.05, 0.1) is 11.5 Å². The van der Waals surface area contributed by atoms with E-state index in [1.54, 1.807) is 26.0 Å². The molecule has 8 nitrogen and oxygen atoms in total.